The van der Waals surface area contributed by atoms with Crippen LogP contribution in [0, 0.1) is 0 Å². The molecule has 0 bridgehead atoms. The second kappa shape index (κ2) is 6.60. The number of amides is 1. The molecule has 0 spiro atoms. The molecule has 1 unspecified atom stereocenters. The van der Waals surface area contributed by atoms with Crippen LogP contribution in [0.3, 0.4) is 0 Å². The van der Waals surface area contributed by atoms with Crippen LogP contribution < -0.4 is 14.8 Å². The molecule has 1 aliphatic heterocycles. The summed E-state index contributed by atoms with van der Waals surface area (Å²) in [5.74, 6) is 1.56. The van der Waals surface area contributed by atoms with Crippen LogP contribution in [0.4, 0.5) is 4.79 Å². The first kappa shape index (κ1) is 15.2. The van der Waals surface area contributed by atoms with Crippen molar-refractivity contribution in [1.82, 2.24) is 5.32 Å². The highest BCUT2D eigenvalue weighted by Gasteiger charge is 2.23. The largest absolute Gasteiger partial charge is 0.494 e. The van der Waals surface area contributed by atoms with E-state index in [4.69, 9.17) is 14.6 Å². The Hall–Kier alpha value is -2.69. The molecule has 0 fully saturated rings. The number of hydrogen-bond donors (Lipinski definition) is 2. The van der Waals surface area contributed by atoms with Gasteiger partial charge in [0.15, 0.2) is 0 Å². The van der Waals surface area contributed by atoms with E-state index >= 15 is 0 Å². The maximum absolute atomic E-state index is 10.9. The van der Waals surface area contributed by atoms with Crippen molar-refractivity contribution in [1.29, 1.82) is 0 Å². The molecule has 0 aliphatic carbocycles. The van der Waals surface area contributed by atoms with Crippen molar-refractivity contribution in [3.8, 4) is 22.6 Å². The van der Waals surface area contributed by atoms with Crippen molar-refractivity contribution < 1.29 is 19.4 Å². The lowest BCUT2D eigenvalue weighted by molar-refractivity contribution is 0.182. The highest BCUT2D eigenvalue weighted by molar-refractivity contribution is 5.69. The SMILES string of the molecule is CCOc1cccc(-c2ccc3c(c2)OCCC3NC(=O)O)c1. The zero-order valence-corrected chi connectivity index (χ0v) is 12.9. The van der Waals surface area contributed by atoms with Crippen molar-refractivity contribution in [2.75, 3.05) is 13.2 Å². The molecule has 2 N–H and O–H groups in total. The molecular weight excluding hydrogens is 294 g/mol. The van der Waals surface area contributed by atoms with Gasteiger partial charge in [-0.15, -0.1) is 0 Å². The van der Waals surface area contributed by atoms with Gasteiger partial charge in [-0.2, -0.15) is 0 Å². The summed E-state index contributed by atoms with van der Waals surface area (Å²) in [4.78, 5) is 10.9. The zero-order valence-electron chi connectivity index (χ0n) is 12.9. The standard InChI is InChI=1S/C18H19NO4/c1-2-22-14-5-3-4-12(10-14)13-6-7-15-16(19-18(20)21)8-9-23-17(15)11-13/h3-7,10-11,16,19H,2,8-9H2,1H3,(H,20,21). The molecule has 0 saturated carbocycles. The quantitative estimate of drug-likeness (QED) is 0.900. The first-order valence-corrected chi connectivity index (χ1v) is 7.67. The Morgan fingerprint density at radius 3 is 2.91 bits per heavy atom. The molecule has 120 valence electrons. The fraction of sp³-hybridized carbons (Fsp3) is 0.278. The van der Waals surface area contributed by atoms with Crippen LogP contribution in [-0.2, 0) is 0 Å². The van der Waals surface area contributed by atoms with Crippen LogP contribution >= 0.6 is 0 Å². The molecule has 23 heavy (non-hydrogen) atoms. The second-order valence-electron chi connectivity index (χ2n) is 5.35. The van der Waals surface area contributed by atoms with Crippen LogP contribution in [0.5, 0.6) is 11.5 Å². The van der Waals surface area contributed by atoms with Gasteiger partial charge in [0.2, 0.25) is 0 Å². The van der Waals surface area contributed by atoms with E-state index < -0.39 is 6.09 Å². The predicted octanol–water partition coefficient (Wildman–Crippen LogP) is 3.84. The number of carboxylic acid groups (broad SMARTS) is 1. The fourth-order valence-corrected chi connectivity index (χ4v) is 2.80. The summed E-state index contributed by atoms with van der Waals surface area (Å²) < 4.78 is 11.2. The van der Waals surface area contributed by atoms with E-state index in [1.54, 1.807) is 0 Å². The molecular formula is C18H19NO4. The van der Waals surface area contributed by atoms with Gasteiger partial charge in [0, 0.05) is 12.0 Å². The molecule has 1 aliphatic rings. The molecule has 1 heterocycles. The van der Waals surface area contributed by atoms with Crippen molar-refractivity contribution in [3.63, 3.8) is 0 Å². The highest BCUT2D eigenvalue weighted by atomic mass is 16.5. The molecule has 1 amide bonds. The number of ether oxygens (including phenoxy) is 2. The van der Waals surface area contributed by atoms with Crippen molar-refractivity contribution in [2.45, 2.75) is 19.4 Å². The average molecular weight is 313 g/mol. The minimum atomic E-state index is -1.02. The molecule has 1 atom stereocenters. The van der Waals surface area contributed by atoms with Crippen molar-refractivity contribution in [2.24, 2.45) is 0 Å². The monoisotopic (exact) mass is 313 g/mol. The molecule has 2 aromatic carbocycles. The Balaban J connectivity index is 1.91. The Bertz CT molecular complexity index is 714. The van der Waals surface area contributed by atoms with E-state index in [9.17, 15) is 4.79 Å². The average Bonchev–Trinajstić information content (AvgIpc) is 2.55. The lowest BCUT2D eigenvalue weighted by Crippen LogP contribution is -2.30. The molecule has 5 heteroatoms. The third-order valence-electron chi connectivity index (χ3n) is 3.83. The van der Waals surface area contributed by atoms with Gasteiger partial charge in [-0.1, -0.05) is 24.3 Å². The minimum Gasteiger partial charge on any atom is -0.494 e. The Morgan fingerprint density at radius 1 is 1.30 bits per heavy atom. The molecule has 5 nitrogen and oxygen atoms in total. The van der Waals surface area contributed by atoms with Crippen LogP contribution in [-0.4, -0.2) is 24.4 Å². The molecule has 0 radical (unpaired) electrons. The number of nitrogens with one attached hydrogen (secondary N) is 1. The van der Waals surface area contributed by atoms with Gasteiger partial charge in [0.25, 0.3) is 0 Å². The molecule has 3 rings (SSSR count). The van der Waals surface area contributed by atoms with Crippen LogP contribution in [0.15, 0.2) is 42.5 Å². The summed E-state index contributed by atoms with van der Waals surface area (Å²) in [5.41, 5.74) is 2.93. The third-order valence-corrected chi connectivity index (χ3v) is 3.83. The van der Waals surface area contributed by atoms with Gasteiger partial charge in [-0.05, 0) is 36.2 Å². The topological polar surface area (TPSA) is 67.8 Å². The zero-order chi connectivity index (χ0) is 16.2. The normalized spacial score (nSPS) is 16.1. The summed E-state index contributed by atoms with van der Waals surface area (Å²) in [6.45, 7) is 3.08. The number of fused-ring (bicyclic) bond motifs is 1. The molecule has 0 saturated heterocycles. The van der Waals surface area contributed by atoms with Crippen LogP contribution in [0.25, 0.3) is 11.1 Å². The number of rotatable bonds is 4. The predicted molar refractivity (Wildman–Crippen MR) is 87.1 cm³/mol. The summed E-state index contributed by atoms with van der Waals surface area (Å²) in [7, 11) is 0. The lowest BCUT2D eigenvalue weighted by atomic mass is 9.96. The molecule has 0 aromatic heterocycles. The Labute approximate surface area is 134 Å². The third kappa shape index (κ3) is 3.39. The van der Waals surface area contributed by atoms with Crippen LogP contribution in [0.2, 0.25) is 0 Å². The van der Waals surface area contributed by atoms with E-state index in [1.165, 1.54) is 0 Å². The van der Waals surface area contributed by atoms with Crippen LogP contribution in [0.1, 0.15) is 24.9 Å². The maximum atomic E-state index is 10.9. The summed E-state index contributed by atoms with van der Waals surface area (Å²) in [6.07, 6.45) is -0.380. The van der Waals surface area contributed by atoms with Gasteiger partial charge >= 0.3 is 6.09 Å². The van der Waals surface area contributed by atoms with Gasteiger partial charge in [-0.3, -0.25) is 0 Å². The Morgan fingerprint density at radius 2 is 2.13 bits per heavy atom. The van der Waals surface area contributed by atoms with Crippen molar-refractivity contribution >= 4 is 6.09 Å². The van der Waals surface area contributed by atoms with E-state index in [0.717, 1.165) is 28.2 Å². The number of hydrogen-bond acceptors (Lipinski definition) is 3. The van der Waals surface area contributed by atoms with Crippen molar-refractivity contribution in [3.05, 3.63) is 48.0 Å². The lowest BCUT2D eigenvalue weighted by Gasteiger charge is -2.26. The van der Waals surface area contributed by atoms with E-state index in [0.29, 0.717) is 19.6 Å². The smallest absolute Gasteiger partial charge is 0.405 e. The van der Waals surface area contributed by atoms with E-state index in [-0.39, 0.29) is 6.04 Å². The maximum Gasteiger partial charge on any atom is 0.405 e. The fourth-order valence-electron chi connectivity index (χ4n) is 2.80. The summed E-state index contributed by atoms with van der Waals surface area (Å²) >= 11 is 0. The van der Waals surface area contributed by atoms with Gasteiger partial charge in [0.1, 0.15) is 11.5 Å². The number of benzene rings is 2. The van der Waals surface area contributed by atoms with E-state index in [2.05, 4.69) is 5.32 Å². The summed E-state index contributed by atoms with van der Waals surface area (Å²) in [6, 6.07) is 13.5. The minimum absolute atomic E-state index is 0.222. The molecule has 2 aromatic rings. The first-order chi connectivity index (χ1) is 11.2. The van der Waals surface area contributed by atoms with Gasteiger partial charge in [-0.25, -0.2) is 4.79 Å². The van der Waals surface area contributed by atoms with Gasteiger partial charge < -0.3 is 19.9 Å². The number of carbonyl (C=O) groups is 1. The second-order valence-corrected chi connectivity index (χ2v) is 5.35. The Kier molecular flexibility index (Phi) is 4.37. The first-order valence-electron chi connectivity index (χ1n) is 7.67. The van der Waals surface area contributed by atoms with E-state index in [1.807, 2.05) is 49.4 Å². The van der Waals surface area contributed by atoms with Gasteiger partial charge in [0.05, 0.1) is 19.3 Å². The highest BCUT2D eigenvalue weighted by Crippen LogP contribution is 2.36. The summed E-state index contributed by atoms with van der Waals surface area (Å²) in [5, 5.41) is 11.5.